The molecule has 3 aromatic rings. The quantitative estimate of drug-likeness (QED) is 0.137. The number of benzene rings is 3. The molecule has 14 heteroatoms. The molecule has 0 aliphatic heterocycles. The van der Waals surface area contributed by atoms with E-state index >= 15 is 0 Å². The Kier molecular flexibility index (Phi) is 8.76. The van der Waals surface area contributed by atoms with E-state index < -0.39 is 27.1 Å². The molecule has 0 saturated carbocycles. The Morgan fingerprint density at radius 2 is 1.72 bits per heavy atom. The van der Waals surface area contributed by atoms with Gasteiger partial charge in [-0.15, -0.1) is 0 Å². The summed E-state index contributed by atoms with van der Waals surface area (Å²) in [7, 11) is 2.88. The number of halogens is 2. The lowest BCUT2D eigenvalue weighted by Crippen LogP contribution is -2.17. The van der Waals surface area contributed by atoms with Crippen molar-refractivity contribution < 1.29 is 28.9 Å². The molecule has 3 rings (SSSR count). The van der Waals surface area contributed by atoms with Crippen LogP contribution in [0.15, 0.2) is 58.1 Å². The second kappa shape index (κ2) is 11.8. The predicted molar refractivity (Wildman–Crippen MR) is 141 cm³/mol. The van der Waals surface area contributed by atoms with Crippen LogP contribution in [0.5, 0.6) is 23.0 Å². The fourth-order valence-electron chi connectivity index (χ4n) is 2.90. The number of carbonyl (C=O) groups excluding carboxylic acids is 1. The molecule has 0 radical (unpaired) electrons. The molecule has 0 aromatic heterocycles. The van der Waals surface area contributed by atoms with E-state index in [0.29, 0.717) is 21.3 Å². The normalized spacial score (nSPS) is 10.7. The number of hydrogen-bond donors (Lipinski definition) is 1. The fourth-order valence-corrected chi connectivity index (χ4v) is 4.00. The highest BCUT2D eigenvalue weighted by Crippen LogP contribution is 2.42. The number of nitro benzene ring substituents is 2. The van der Waals surface area contributed by atoms with E-state index in [2.05, 4.69) is 49.0 Å². The van der Waals surface area contributed by atoms with Gasteiger partial charge in [0.05, 0.1) is 44.4 Å². The molecule has 36 heavy (non-hydrogen) atoms. The van der Waals surface area contributed by atoms with Crippen LogP contribution in [-0.2, 0) is 0 Å². The lowest BCUT2D eigenvalue weighted by atomic mass is 10.2. The maximum atomic E-state index is 12.4. The molecule has 3 aromatic carbocycles. The second-order valence-corrected chi connectivity index (χ2v) is 8.87. The minimum Gasteiger partial charge on any atom is -0.496 e. The largest absolute Gasteiger partial charge is 0.496 e. The van der Waals surface area contributed by atoms with Crippen LogP contribution in [0.1, 0.15) is 15.9 Å². The summed E-state index contributed by atoms with van der Waals surface area (Å²) in [4.78, 5) is 33.2. The Bertz CT molecular complexity index is 1380. The first-order valence-corrected chi connectivity index (χ1v) is 11.7. The predicted octanol–water partition coefficient (Wildman–Crippen LogP) is 5.44. The number of hydrogen-bond acceptors (Lipinski definition) is 9. The molecule has 186 valence electrons. The van der Waals surface area contributed by atoms with E-state index in [1.54, 1.807) is 24.3 Å². The zero-order chi connectivity index (χ0) is 26.4. The Morgan fingerprint density at radius 3 is 2.36 bits per heavy atom. The van der Waals surface area contributed by atoms with Crippen molar-refractivity contribution in [3.05, 3.63) is 87.9 Å². The van der Waals surface area contributed by atoms with Gasteiger partial charge in [-0.05, 0) is 80.5 Å². The van der Waals surface area contributed by atoms with Crippen molar-refractivity contribution in [1.82, 2.24) is 5.43 Å². The van der Waals surface area contributed by atoms with Crippen LogP contribution in [-0.4, -0.2) is 36.2 Å². The minimum atomic E-state index is -0.782. The van der Waals surface area contributed by atoms with Crippen molar-refractivity contribution in [2.75, 3.05) is 14.2 Å². The van der Waals surface area contributed by atoms with Crippen LogP contribution in [0.25, 0.3) is 0 Å². The summed E-state index contributed by atoms with van der Waals surface area (Å²) < 4.78 is 17.4. The Labute approximate surface area is 225 Å². The molecule has 12 nitrogen and oxygen atoms in total. The highest BCUT2D eigenvalue weighted by molar-refractivity contribution is 14.1. The van der Waals surface area contributed by atoms with Crippen LogP contribution < -0.4 is 19.6 Å². The van der Waals surface area contributed by atoms with Crippen molar-refractivity contribution >= 4 is 62.0 Å². The summed E-state index contributed by atoms with van der Waals surface area (Å²) >= 11 is 5.42. The lowest BCUT2D eigenvalue weighted by Gasteiger charge is -2.13. The van der Waals surface area contributed by atoms with Gasteiger partial charge in [0.1, 0.15) is 5.75 Å². The monoisotopic (exact) mass is 670 g/mol. The Balaban J connectivity index is 1.82. The van der Waals surface area contributed by atoms with E-state index in [-0.39, 0.29) is 17.2 Å². The van der Waals surface area contributed by atoms with E-state index in [1.807, 2.05) is 0 Å². The smallest absolute Gasteiger partial charge is 0.318 e. The Morgan fingerprint density at radius 1 is 1.00 bits per heavy atom. The second-order valence-electron chi connectivity index (χ2n) is 6.85. The van der Waals surface area contributed by atoms with Crippen molar-refractivity contribution in [3.8, 4) is 23.0 Å². The van der Waals surface area contributed by atoms with Crippen LogP contribution >= 0.6 is 38.5 Å². The maximum Gasteiger partial charge on any atom is 0.318 e. The van der Waals surface area contributed by atoms with Gasteiger partial charge < -0.3 is 14.2 Å². The average molecular weight is 671 g/mol. The summed E-state index contributed by atoms with van der Waals surface area (Å²) in [6, 6.07) is 11.1. The zero-order valence-electron chi connectivity index (χ0n) is 18.6. The summed E-state index contributed by atoms with van der Waals surface area (Å²) in [6.45, 7) is 0. The number of non-ortho nitro benzene ring substituents is 1. The SMILES string of the molecule is COc1cc(C(=O)N/N=C\c2cc(Br)c(Oc3ccc([N+](=O)[O-])cc3[N+](=O)[O-])c(OC)c2)ccc1I. The molecule has 0 bridgehead atoms. The van der Waals surface area contributed by atoms with Gasteiger partial charge in [0.25, 0.3) is 11.6 Å². The molecular formula is C22H16BrIN4O8. The van der Waals surface area contributed by atoms with Crippen molar-refractivity contribution in [3.63, 3.8) is 0 Å². The molecule has 0 spiro atoms. The third-order valence-corrected chi connectivity index (χ3v) is 6.09. The molecule has 0 aliphatic rings. The third kappa shape index (κ3) is 6.25. The first-order chi connectivity index (χ1) is 17.1. The number of nitro groups is 2. The highest BCUT2D eigenvalue weighted by atomic mass is 127. The standard InChI is InChI=1S/C22H16BrIN4O8/c1-34-19-9-13(3-5-16(19)24)22(29)26-25-11-12-7-15(23)21(20(8-12)35-2)36-18-6-4-14(27(30)31)10-17(18)28(32)33/h3-11H,1-2H3,(H,26,29)/b25-11-. The van der Waals surface area contributed by atoms with Crippen LogP contribution in [0.4, 0.5) is 11.4 Å². The number of nitrogens with zero attached hydrogens (tertiary/aromatic N) is 3. The van der Waals surface area contributed by atoms with E-state index in [0.717, 1.165) is 21.8 Å². The van der Waals surface area contributed by atoms with Gasteiger partial charge in [0.2, 0.25) is 5.75 Å². The molecular weight excluding hydrogens is 655 g/mol. The molecule has 0 aliphatic carbocycles. The van der Waals surface area contributed by atoms with Gasteiger partial charge in [-0.1, -0.05) is 0 Å². The summed E-state index contributed by atoms with van der Waals surface area (Å²) in [5.74, 6) is 0.183. The first kappa shape index (κ1) is 26.8. The number of hydrazone groups is 1. The van der Waals surface area contributed by atoms with Gasteiger partial charge >= 0.3 is 5.69 Å². The van der Waals surface area contributed by atoms with Crippen molar-refractivity contribution in [2.24, 2.45) is 5.10 Å². The van der Waals surface area contributed by atoms with Gasteiger partial charge in [-0.3, -0.25) is 25.0 Å². The molecule has 0 saturated heterocycles. The number of ether oxygens (including phenoxy) is 3. The van der Waals surface area contributed by atoms with Gasteiger partial charge in [-0.2, -0.15) is 5.10 Å². The average Bonchev–Trinajstić information content (AvgIpc) is 2.85. The van der Waals surface area contributed by atoms with Gasteiger partial charge in [-0.25, -0.2) is 5.43 Å². The zero-order valence-corrected chi connectivity index (χ0v) is 22.3. The van der Waals surface area contributed by atoms with E-state index in [4.69, 9.17) is 14.2 Å². The molecule has 0 fully saturated rings. The summed E-state index contributed by atoms with van der Waals surface area (Å²) in [6.07, 6.45) is 1.37. The number of rotatable bonds is 9. The Hall–Kier alpha value is -3.79. The van der Waals surface area contributed by atoms with E-state index in [1.165, 1.54) is 26.5 Å². The van der Waals surface area contributed by atoms with Crippen molar-refractivity contribution in [1.29, 1.82) is 0 Å². The van der Waals surface area contributed by atoms with Crippen molar-refractivity contribution in [2.45, 2.75) is 0 Å². The fraction of sp³-hybridized carbons (Fsp3) is 0.0909. The minimum absolute atomic E-state index is 0.0987. The lowest BCUT2D eigenvalue weighted by molar-refractivity contribution is -0.394. The molecule has 0 heterocycles. The van der Waals surface area contributed by atoms with Gasteiger partial charge in [0, 0.05) is 11.6 Å². The third-order valence-electron chi connectivity index (χ3n) is 4.61. The number of methoxy groups -OCH3 is 2. The molecule has 1 amide bonds. The van der Waals surface area contributed by atoms with Crippen LogP contribution in [0.2, 0.25) is 0 Å². The molecule has 0 atom stereocenters. The summed E-state index contributed by atoms with van der Waals surface area (Å²) in [5.41, 5.74) is 2.25. The highest BCUT2D eigenvalue weighted by Gasteiger charge is 2.23. The maximum absolute atomic E-state index is 12.4. The van der Waals surface area contributed by atoms with Gasteiger partial charge in [0.15, 0.2) is 11.5 Å². The summed E-state index contributed by atoms with van der Waals surface area (Å²) in [5, 5.41) is 26.3. The molecule has 1 N–H and O–H groups in total. The number of nitrogens with one attached hydrogen (secondary N) is 1. The van der Waals surface area contributed by atoms with E-state index in [9.17, 15) is 25.0 Å². The first-order valence-electron chi connectivity index (χ1n) is 9.79. The van der Waals surface area contributed by atoms with Crippen LogP contribution in [0, 0.1) is 23.8 Å². The number of amides is 1. The number of carbonyl (C=O) groups is 1. The molecule has 0 unspecified atom stereocenters. The topological polar surface area (TPSA) is 155 Å². The van der Waals surface area contributed by atoms with Crippen LogP contribution in [0.3, 0.4) is 0 Å².